The molecule has 6 rings (SSSR count). The molecule has 0 radical (unpaired) electrons. The van der Waals surface area contributed by atoms with Crippen LogP contribution in [0.1, 0.15) is 39.1 Å². The molecule has 3 heterocycles. The van der Waals surface area contributed by atoms with E-state index in [1.54, 1.807) is 37.1 Å². The number of methoxy groups -OCH3 is 3. The second kappa shape index (κ2) is 9.68. The van der Waals surface area contributed by atoms with Crippen LogP contribution in [-0.4, -0.2) is 46.7 Å². The molecule has 0 amide bonds. The van der Waals surface area contributed by atoms with Gasteiger partial charge >= 0.3 is 11.9 Å². The maximum Gasteiger partial charge on any atom is 0.344 e. The smallest absolute Gasteiger partial charge is 0.344 e. The lowest BCUT2D eigenvalue weighted by molar-refractivity contribution is -0.671. The summed E-state index contributed by atoms with van der Waals surface area (Å²) in [5, 5.41) is 0. The Bertz CT molecular complexity index is 1440. The molecule has 0 saturated carbocycles. The first-order valence-corrected chi connectivity index (χ1v) is 12.5. The Morgan fingerprint density at radius 3 is 2.28 bits per heavy atom. The Morgan fingerprint density at radius 2 is 1.64 bits per heavy atom. The van der Waals surface area contributed by atoms with E-state index in [2.05, 4.69) is 0 Å². The Kier molecular flexibility index (Phi) is 6.17. The Labute approximate surface area is 224 Å². The first-order valence-electron chi connectivity index (χ1n) is 12.5. The van der Waals surface area contributed by atoms with Gasteiger partial charge in [-0.05, 0) is 41.5 Å². The molecule has 3 aromatic rings. The summed E-state index contributed by atoms with van der Waals surface area (Å²) >= 11 is 0. The number of carbonyl (C=O) groups excluding carboxylic acids is 2. The van der Waals surface area contributed by atoms with Crippen molar-refractivity contribution in [2.45, 2.75) is 12.0 Å². The molecule has 0 bridgehead atoms. The molecule has 2 aromatic carbocycles. The zero-order chi connectivity index (χ0) is 27.3. The van der Waals surface area contributed by atoms with Gasteiger partial charge in [0.15, 0.2) is 35.4 Å². The van der Waals surface area contributed by atoms with Crippen molar-refractivity contribution in [2.24, 2.45) is 18.9 Å². The summed E-state index contributed by atoms with van der Waals surface area (Å²) in [7, 11) is 6.45. The number of ether oxygens (including phenoxy) is 7. The fraction of sp³-hybridized carbons (Fsp3) is 0.345. The highest BCUT2D eigenvalue weighted by atomic mass is 16.7. The van der Waals surface area contributed by atoms with Crippen LogP contribution in [0.3, 0.4) is 0 Å². The number of esters is 2. The van der Waals surface area contributed by atoms with Crippen molar-refractivity contribution in [3.8, 4) is 28.7 Å². The van der Waals surface area contributed by atoms with Gasteiger partial charge in [-0.1, -0.05) is 0 Å². The van der Waals surface area contributed by atoms with E-state index in [0.29, 0.717) is 34.3 Å². The molecule has 0 spiro atoms. The summed E-state index contributed by atoms with van der Waals surface area (Å²) in [4.78, 5) is 26.6. The van der Waals surface area contributed by atoms with Crippen molar-refractivity contribution in [1.82, 2.24) is 0 Å². The minimum Gasteiger partial charge on any atom is -0.493 e. The van der Waals surface area contributed by atoms with E-state index < -0.39 is 29.8 Å². The second-order valence-electron chi connectivity index (χ2n) is 9.67. The highest BCUT2D eigenvalue weighted by Crippen LogP contribution is 2.56. The summed E-state index contributed by atoms with van der Waals surface area (Å²) in [6.07, 6.45) is 2.77. The van der Waals surface area contributed by atoms with Gasteiger partial charge in [0.2, 0.25) is 12.5 Å². The van der Waals surface area contributed by atoms with Crippen LogP contribution in [0.15, 0.2) is 48.8 Å². The molecule has 0 unspecified atom stereocenters. The molecule has 202 valence electrons. The lowest BCUT2D eigenvalue weighted by Crippen LogP contribution is -2.37. The zero-order valence-corrected chi connectivity index (χ0v) is 22.0. The highest BCUT2D eigenvalue weighted by Gasteiger charge is 2.54. The van der Waals surface area contributed by atoms with Crippen molar-refractivity contribution in [2.75, 3.05) is 34.7 Å². The Hall–Kier alpha value is -4.47. The van der Waals surface area contributed by atoms with Gasteiger partial charge in [-0.15, -0.1) is 0 Å². The predicted octanol–water partition coefficient (Wildman–Crippen LogP) is 3.10. The molecular formula is C29H28NO9+. The van der Waals surface area contributed by atoms with Crippen molar-refractivity contribution < 1.29 is 47.3 Å². The van der Waals surface area contributed by atoms with Gasteiger partial charge in [-0.3, -0.25) is 4.79 Å². The van der Waals surface area contributed by atoms with Crippen LogP contribution < -0.4 is 28.3 Å². The number of nitrogens with zero attached hydrogens (tertiary/aromatic N) is 1. The van der Waals surface area contributed by atoms with Gasteiger partial charge < -0.3 is 33.2 Å². The van der Waals surface area contributed by atoms with Crippen LogP contribution in [0.4, 0.5) is 0 Å². The first kappa shape index (κ1) is 24.8. The molecule has 39 heavy (non-hydrogen) atoms. The Balaban J connectivity index is 1.52. The maximum absolute atomic E-state index is 13.3. The van der Waals surface area contributed by atoms with Gasteiger partial charge in [-0.25, -0.2) is 9.36 Å². The average molecular weight is 535 g/mol. The SMILES string of the molecule is COc1cc([C@H]2c3cc4c(cc3[C@H](OC(=O)c3ccc[n+](C)c3)[C@H]3COC(=O)[C@H]23)OCO4)cc(OC)c1OC. The number of hydrogen-bond acceptors (Lipinski definition) is 9. The number of hydrogen-bond donors (Lipinski definition) is 0. The second-order valence-corrected chi connectivity index (χ2v) is 9.67. The molecule has 1 saturated heterocycles. The number of rotatable bonds is 6. The molecule has 4 atom stereocenters. The standard InChI is InChI=1S/C29H28NO9/c1-30-7-5-6-15(12-30)28(31)39-26-18-11-21-20(37-14-38-21)10-17(18)24(25-19(26)13-36-29(25)32)16-8-22(33-2)27(35-4)23(9-16)34-3/h5-12,19,24-26H,13-14H2,1-4H3/q+1/t19-,24-,25-,26-/m0/s1. The number of aromatic nitrogens is 1. The number of fused-ring (bicyclic) bond motifs is 3. The summed E-state index contributed by atoms with van der Waals surface area (Å²) in [6, 6.07) is 10.8. The summed E-state index contributed by atoms with van der Waals surface area (Å²) in [5.74, 6) is 0.0701. The van der Waals surface area contributed by atoms with E-state index in [1.165, 1.54) is 7.11 Å². The van der Waals surface area contributed by atoms with E-state index in [0.717, 1.165) is 16.7 Å². The molecule has 1 aliphatic carbocycles. The highest BCUT2D eigenvalue weighted by molar-refractivity contribution is 5.89. The van der Waals surface area contributed by atoms with E-state index >= 15 is 0 Å². The minimum absolute atomic E-state index is 0.0763. The van der Waals surface area contributed by atoms with Crippen LogP contribution >= 0.6 is 0 Å². The predicted molar refractivity (Wildman–Crippen MR) is 134 cm³/mol. The topological polar surface area (TPSA) is 103 Å². The van der Waals surface area contributed by atoms with Crippen LogP contribution in [-0.2, 0) is 21.3 Å². The van der Waals surface area contributed by atoms with E-state index in [9.17, 15) is 9.59 Å². The van der Waals surface area contributed by atoms with Gasteiger partial charge in [0.05, 0.1) is 33.9 Å². The summed E-state index contributed by atoms with van der Waals surface area (Å²) < 4.78 is 41.6. The molecule has 10 heteroatoms. The summed E-state index contributed by atoms with van der Waals surface area (Å²) in [6.45, 7) is 0.186. The van der Waals surface area contributed by atoms with Crippen molar-refractivity contribution in [3.05, 3.63) is 71.0 Å². The van der Waals surface area contributed by atoms with Gasteiger partial charge in [-0.2, -0.15) is 0 Å². The fourth-order valence-electron chi connectivity index (χ4n) is 5.84. The third kappa shape index (κ3) is 4.07. The maximum atomic E-state index is 13.3. The monoisotopic (exact) mass is 534 g/mol. The molecule has 0 N–H and O–H groups in total. The molecule has 10 nitrogen and oxygen atoms in total. The number of carbonyl (C=O) groups is 2. The van der Waals surface area contributed by atoms with Crippen LogP contribution in [0.5, 0.6) is 28.7 Å². The molecule has 1 fully saturated rings. The number of benzene rings is 2. The number of pyridine rings is 1. The van der Waals surface area contributed by atoms with Crippen molar-refractivity contribution in [1.29, 1.82) is 0 Å². The number of aryl methyl sites for hydroxylation is 1. The Morgan fingerprint density at radius 1 is 0.949 bits per heavy atom. The fourth-order valence-corrected chi connectivity index (χ4v) is 5.84. The average Bonchev–Trinajstić information content (AvgIpc) is 3.57. The normalized spacial score (nSPS) is 22.4. The molecule has 2 aliphatic heterocycles. The quantitative estimate of drug-likeness (QED) is 0.349. The van der Waals surface area contributed by atoms with E-state index in [-0.39, 0.29) is 19.4 Å². The lowest BCUT2D eigenvalue weighted by Gasteiger charge is -2.38. The third-order valence-electron chi connectivity index (χ3n) is 7.57. The van der Waals surface area contributed by atoms with Crippen LogP contribution in [0, 0.1) is 11.8 Å². The van der Waals surface area contributed by atoms with Crippen LogP contribution in [0.2, 0.25) is 0 Å². The van der Waals surface area contributed by atoms with E-state index in [4.69, 9.17) is 33.2 Å². The largest absolute Gasteiger partial charge is 0.493 e. The number of cyclic esters (lactones) is 1. The zero-order valence-electron chi connectivity index (χ0n) is 22.0. The van der Waals surface area contributed by atoms with Gasteiger partial charge in [0.25, 0.3) is 0 Å². The van der Waals surface area contributed by atoms with E-state index in [1.807, 2.05) is 37.5 Å². The third-order valence-corrected chi connectivity index (χ3v) is 7.57. The van der Waals surface area contributed by atoms with Crippen molar-refractivity contribution >= 4 is 11.9 Å². The van der Waals surface area contributed by atoms with Crippen LogP contribution in [0.25, 0.3) is 0 Å². The minimum atomic E-state index is -0.748. The summed E-state index contributed by atoms with van der Waals surface area (Å²) in [5.41, 5.74) is 2.66. The lowest BCUT2D eigenvalue weighted by atomic mass is 9.66. The molecule has 3 aliphatic rings. The van der Waals surface area contributed by atoms with Crippen molar-refractivity contribution in [3.63, 3.8) is 0 Å². The first-order chi connectivity index (χ1) is 18.9. The molecular weight excluding hydrogens is 506 g/mol. The molecule has 1 aromatic heterocycles. The van der Waals surface area contributed by atoms with Gasteiger partial charge in [0.1, 0.15) is 18.7 Å². The van der Waals surface area contributed by atoms with Gasteiger partial charge in [0, 0.05) is 23.5 Å².